The Morgan fingerprint density at radius 2 is 1.85 bits per heavy atom. The molecular weight excluding hydrogens is 330 g/mol. The summed E-state index contributed by atoms with van der Waals surface area (Å²) in [7, 11) is 0. The van der Waals surface area contributed by atoms with Gasteiger partial charge >= 0.3 is 5.69 Å². The predicted octanol–water partition coefficient (Wildman–Crippen LogP) is 2.46. The minimum absolute atomic E-state index is 0.0630. The summed E-state index contributed by atoms with van der Waals surface area (Å²) in [5.74, 6) is 0.563. The van der Waals surface area contributed by atoms with Crippen LogP contribution in [-0.2, 0) is 0 Å². The largest absolute Gasteiger partial charge is 0.394 e. The lowest BCUT2D eigenvalue weighted by Gasteiger charge is -2.17. The molecule has 1 unspecified atom stereocenters. The number of rotatable bonds is 5. The van der Waals surface area contributed by atoms with E-state index in [1.165, 1.54) is 0 Å². The van der Waals surface area contributed by atoms with Gasteiger partial charge in [0.15, 0.2) is 0 Å². The number of aliphatic hydroxyl groups is 1. The fourth-order valence-electron chi connectivity index (χ4n) is 2.86. The molecule has 0 saturated carbocycles. The van der Waals surface area contributed by atoms with Gasteiger partial charge < -0.3 is 20.4 Å². The number of aromatic nitrogens is 4. The minimum atomic E-state index is -0.274. The molecule has 0 aliphatic heterocycles. The van der Waals surface area contributed by atoms with Crippen molar-refractivity contribution in [1.29, 1.82) is 0 Å². The second-order valence-electron chi connectivity index (χ2n) is 5.92. The number of nitrogens with one attached hydrogen (secondary N) is 3. The summed E-state index contributed by atoms with van der Waals surface area (Å²) in [5.41, 5.74) is 3.68. The van der Waals surface area contributed by atoms with Crippen LogP contribution < -0.4 is 11.0 Å². The Labute approximate surface area is 148 Å². The molecule has 0 bridgehead atoms. The average molecular weight is 347 g/mol. The van der Waals surface area contributed by atoms with Gasteiger partial charge in [-0.2, -0.15) is 0 Å². The molecule has 4 N–H and O–H groups in total. The van der Waals surface area contributed by atoms with Gasteiger partial charge in [-0.15, -0.1) is 0 Å². The normalized spacial score (nSPS) is 12.2. The summed E-state index contributed by atoms with van der Waals surface area (Å²) in [4.78, 5) is 25.7. The molecule has 2 heterocycles. The highest BCUT2D eigenvalue weighted by Gasteiger charge is 2.12. The molecule has 4 aromatic rings. The highest BCUT2D eigenvalue weighted by atomic mass is 16.3. The van der Waals surface area contributed by atoms with Crippen molar-refractivity contribution < 1.29 is 5.11 Å². The number of imidazole rings is 1. The number of aliphatic hydroxyl groups excluding tert-OH is 1. The Hall–Kier alpha value is -3.45. The molecule has 0 amide bonds. The minimum Gasteiger partial charge on any atom is -0.394 e. The standard InChI is InChI=1S/C19H17N5O2/c25-11-17(12-4-2-1-3-5-12)22-18-10-20-9-16(21-18)13-6-7-14-15(8-13)24-19(26)23-14/h1-10,17,25H,11H2,(H,21,22)(H2,23,24,26). The highest BCUT2D eigenvalue weighted by molar-refractivity contribution is 5.80. The van der Waals surface area contributed by atoms with Crippen molar-refractivity contribution >= 4 is 16.9 Å². The van der Waals surface area contributed by atoms with Crippen LogP contribution in [0.25, 0.3) is 22.3 Å². The predicted molar refractivity (Wildman–Crippen MR) is 99.8 cm³/mol. The first-order chi connectivity index (χ1) is 12.7. The van der Waals surface area contributed by atoms with Gasteiger partial charge in [-0.1, -0.05) is 36.4 Å². The number of hydrogen-bond donors (Lipinski definition) is 4. The van der Waals surface area contributed by atoms with Gasteiger partial charge in [0.2, 0.25) is 0 Å². The highest BCUT2D eigenvalue weighted by Crippen LogP contribution is 2.23. The number of aromatic amines is 2. The van der Waals surface area contributed by atoms with E-state index in [-0.39, 0.29) is 18.3 Å². The first kappa shape index (κ1) is 16.0. The Morgan fingerprint density at radius 3 is 2.65 bits per heavy atom. The van der Waals surface area contributed by atoms with Crippen LogP contribution in [0.5, 0.6) is 0 Å². The second kappa shape index (κ2) is 6.81. The lowest BCUT2D eigenvalue weighted by molar-refractivity contribution is 0.276. The number of anilines is 1. The zero-order chi connectivity index (χ0) is 17.9. The molecule has 0 aliphatic carbocycles. The summed E-state index contributed by atoms with van der Waals surface area (Å²) in [6, 6.07) is 14.9. The second-order valence-corrected chi connectivity index (χ2v) is 5.92. The smallest absolute Gasteiger partial charge is 0.323 e. The molecule has 0 fully saturated rings. The van der Waals surface area contributed by atoms with E-state index < -0.39 is 0 Å². The third-order valence-electron chi connectivity index (χ3n) is 4.15. The van der Waals surface area contributed by atoms with Crippen molar-refractivity contribution in [2.24, 2.45) is 0 Å². The first-order valence-corrected chi connectivity index (χ1v) is 8.20. The third kappa shape index (κ3) is 3.20. The van der Waals surface area contributed by atoms with E-state index in [2.05, 4.69) is 25.3 Å². The van der Waals surface area contributed by atoms with Crippen LogP contribution in [0.15, 0.2) is 65.7 Å². The van der Waals surface area contributed by atoms with Crippen molar-refractivity contribution in [3.63, 3.8) is 0 Å². The molecule has 4 rings (SSSR count). The molecule has 0 radical (unpaired) electrons. The Kier molecular flexibility index (Phi) is 4.20. The van der Waals surface area contributed by atoms with Gasteiger partial charge in [-0.25, -0.2) is 9.78 Å². The zero-order valence-electron chi connectivity index (χ0n) is 13.8. The van der Waals surface area contributed by atoms with Gasteiger partial charge in [-0.3, -0.25) is 4.98 Å². The van der Waals surface area contributed by atoms with Crippen LogP contribution in [-0.4, -0.2) is 31.6 Å². The zero-order valence-corrected chi connectivity index (χ0v) is 13.8. The number of fused-ring (bicyclic) bond motifs is 1. The van der Waals surface area contributed by atoms with E-state index in [1.54, 1.807) is 12.4 Å². The molecular formula is C19H17N5O2. The molecule has 2 aromatic heterocycles. The molecule has 0 aliphatic rings. The monoisotopic (exact) mass is 347 g/mol. The van der Waals surface area contributed by atoms with Gasteiger partial charge in [-0.05, 0) is 17.7 Å². The van der Waals surface area contributed by atoms with E-state index in [1.807, 2.05) is 48.5 Å². The van der Waals surface area contributed by atoms with Crippen LogP contribution in [0.3, 0.4) is 0 Å². The topological polar surface area (TPSA) is 107 Å². The summed E-state index contributed by atoms with van der Waals surface area (Å²) >= 11 is 0. The summed E-state index contributed by atoms with van der Waals surface area (Å²) in [6.45, 7) is -0.0630. The van der Waals surface area contributed by atoms with Gasteiger partial charge in [0, 0.05) is 5.56 Å². The van der Waals surface area contributed by atoms with Crippen molar-refractivity contribution in [1.82, 2.24) is 19.9 Å². The molecule has 0 saturated heterocycles. The van der Waals surface area contributed by atoms with Gasteiger partial charge in [0.25, 0.3) is 0 Å². The molecule has 1 atom stereocenters. The molecule has 2 aromatic carbocycles. The van der Waals surface area contributed by atoms with E-state index in [4.69, 9.17) is 0 Å². The number of hydrogen-bond acceptors (Lipinski definition) is 5. The Bertz CT molecular complexity index is 1090. The Balaban J connectivity index is 1.64. The fourth-order valence-corrected chi connectivity index (χ4v) is 2.86. The number of nitrogens with zero attached hydrogens (tertiary/aromatic N) is 2. The van der Waals surface area contributed by atoms with Gasteiger partial charge in [0.1, 0.15) is 5.82 Å². The molecule has 0 spiro atoms. The lowest BCUT2D eigenvalue weighted by Crippen LogP contribution is -2.15. The maximum atomic E-state index is 11.4. The maximum Gasteiger partial charge on any atom is 0.323 e. The van der Waals surface area contributed by atoms with E-state index in [0.29, 0.717) is 17.0 Å². The van der Waals surface area contributed by atoms with E-state index in [0.717, 1.165) is 16.6 Å². The van der Waals surface area contributed by atoms with E-state index in [9.17, 15) is 9.90 Å². The average Bonchev–Trinajstić information content (AvgIpc) is 3.06. The van der Waals surface area contributed by atoms with Crippen molar-refractivity contribution in [2.45, 2.75) is 6.04 Å². The third-order valence-corrected chi connectivity index (χ3v) is 4.15. The summed E-state index contributed by atoms with van der Waals surface area (Å²) in [6.07, 6.45) is 3.28. The molecule has 7 heteroatoms. The van der Waals surface area contributed by atoms with Crippen LogP contribution in [0.4, 0.5) is 5.82 Å². The maximum absolute atomic E-state index is 11.4. The molecule has 130 valence electrons. The summed E-state index contributed by atoms with van der Waals surface area (Å²) in [5, 5.41) is 12.9. The number of benzene rings is 2. The first-order valence-electron chi connectivity index (χ1n) is 8.20. The van der Waals surface area contributed by atoms with Crippen LogP contribution in [0.2, 0.25) is 0 Å². The van der Waals surface area contributed by atoms with Crippen molar-refractivity contribution in [3.05, 3.63) is 77.0 Å². The van der Waals surface area contributed by atoms with Crippen LogP contribution >= 0.6 is 0 Å². The lowest BCUT2D eigenvalue weighted by atomic mass is 10.1. The van der Waals surface area contributed by atoms with Crippen molar-refractivity contribution in [2.75, 3.05) is 11.9 Å². The van der Waals surface area contributed by atoms with Crippen LogP contribution in [0.1, 0.15) is 11.6 Å². The quantitative estimate of drug-likeness (QED) is 0.444. The van der Waals surface area contributed by atoms with E-state index >= 15 is 0 Å². The molecule has 7 nitrogen and oxygen atoms in total. The van der Waals surface area contributed by atoms with Crippen LogP contribution in [0, 0.1) is 0 Å². The van der Waals surface area contributed by atoms with Gasteiger partial charge in [0.05, 0.1) is 41.8 Å². The molecule has 26 heavy (non-hydrogen) atoms. The number of H-pyrrole nitrogens is 2. The summed E-state index contributed by atoms with van der Waals surface area (Å²) < 4.78 is 0. The SMILES string of the molecule is O=c1[nH]c2ccc(-c3cncc(NC(CO)c4ccccc4)n3)cc2[nH]1. The van der Waals surface area contributed by atoms with Crippen molar-refractivity contribution in [3.8, 4) is 11.3 Å². The fraction of sp³-hybridized carbons (Fsp3) is 0.105. The Morgan fingerprint density at radius 1 is 1.04 bits per heavy atom.